The molecule has 0 spiro atoms. The Balaban J connectivity index is 1.87. The maximum atomic E-state index is 11.8. The maximum absolute atomic E-state index is 11.8. The summed E-state index contributed by atoms with van der Waals surface area (Å²) < 4.78 is 33.2. The van der Waals surface area contributed by atoms with Crippen molar-refractivity contribution in [3.8, 4) is 5.75 Å². The van der Waals surface area contributed by atoms with E-state index in [9.17, 15) is 8.42 Å². The van der Waals surface area contributed by atoms with Gasteiger partial charge in [0.2, 0.25) is 0 Å². The predicted octanol–water partition coefficient (Wildman–Crippen LogP) is 2.68. The number of amidine groups is 1. The lowest BCUT2D eigenvalue weighted by Gasteiger charge is -2.29. The van der Waals surface area contributed by atoms with Crippen molar-refractivity contribution in [2.45, 2.75) is 13.8 Å². The third-order valence-electron chi connectivity index (χ3n) is 3.61. The molecule has 0 N–H and O–H groups in total. The molecule has 5 nitrogen and oxygen atoms in total. The molecule has 0 aromatic heterocycles. The molecule has 0 fully saturated rings. The van der Waals surface area contributed by atoms with Crippen LogP contribution in [0.15, 0.2) is 47.0 Å². The monoisotopic (exact) mass is 332 g/mol. The standard InChI is InChI=1S/C17H20N2O3S/c1-13(2)12-22-15-7-5-14(6-8-15)16-4-3-9-19-10-11-23(20,21)18-17(16)19/h3-9,13H,10-12H2,1-2H3. The van der Waals surface area contributed by atoms with Gasteiger partial charge in [-0.25, -0.2) is 8.42 Å². The van der Waals surface area contributed by atoms with Crippen molar-refractivity contribution in [2.75, 3.05) is 18.9 Å². The van der Waals surface area contributed by atoms with E-state index >= 15 is 0 Å². The van der Waals surface area contributed by atoms with Gasteiger partial charge in [0.15, 0.2) is 5.84 Å². The van der Waals surface area contributed by atoms with Crippen LogP contribution >= 0.6 is 0 Å². The molecule has 0 atom stereocenters. The number of sulfonamides is 1. The van der Waals surface area contributed by atoms with Gasteiger partial charge in [-0.3, -0.25) is 0 Å². The van der Waals surface area contributed by atoms with Crippen LogP contribution in [0.3, 0.4) is 0 Å². The van der Waals surface area contributed by atoms with E-state index in [2.05, 4.69) is 18.2 Å². The highest BCUT2D eigenvalue weighted by Crippen LogP contribution is 2.27. The minimum atomic E-state index is -3.37. The van der Waals surface area contributed by atoms with E-state index in [0.717, 1.165) is 16.9 Å². The minimum Gasteiger partial charge on any atom is -0.493 e. The van der Waals surface area contributed by atoms with Crippen molar-refractivity contribution >= 4 is 21.4 Å². The first-order chi connectivity index (χ1) is 10.9. The Kier molecular flexibility index (Phi) is 4.26. The van der Waals surface area contributed by atoms with Crippen molar-refractivity contribution in [3.05, 3.63) is 48.2 Å². The van der Waals surface area contributed by atoms with Crippen LogP contribution < -0.4 is 4.74 Å². The number of allylic oxidation sites excluding steroid dienone is 2. The number of nitrogens with zero attached hydrogens (tertiary/aromatic N) is 2. The molecule has 6 heteroatoms. The van der Waals surface area contributed by atoms with Crippen LogP contribution in [-0.4, -0.2) is 38.1 Å². The zero-order valence-corrected chi connectivity index (χ0v) is 14.1. The molecule has 1 aromatic carbocycles. The second-order valence-corrected chi connectivity index (χ2v) is 7.80. The molecule has 1 aromatic rings. The zero-order valence-electron chi connectivity index (χ0n) is 13.3. The van der Waals surface area contributed by atoms with Crippen LogP contribution in [0.1, 0.15) is 19.4 Å². The first kappa shape index (κ1) is 15.8. The second kappa shape index (κ2) is 6.20. The van der Waals surface area contributed by atoms with Crippen LogP contribution in [0.4, 0.5) is 0 Å². The topological polar surface area (TPSA) is 59.0 Å². The van der Waals surface area contributed by atoms with Gasteiger partial charge < -0.3 is 9.64 Å². The SMILES string of the molecule is CC(C)COc1ccc(C2=CC=CN3CCS(=O)(=O)N=C23)cc1. The van der Waals surface area contributed by atoms with Gasteiger partial charge >= 0.3 is 0 Å². The molecule has 2 heterocycles. The molecule has 3 rings (SSSR count). The second-order valence-electron chi connectivity index (χ2n) is 6.05. The summed E-state index contributed by atoms with van der Waals surface area (Å²) >= 11 is 0. The summed E-state index contributed by atoms with van der Waals surface area (Å²) in [6.07, 6.45) is 5.66. The minimum absolute atomic E-state index is 0.0517. The summed E-state index contributed by atoms with van der Waals surface area (Å²) in [7, 11) is -3.37. The highest BCUT2D eigenvalue weighted by Gasteiger charge is 2.27. The fourth-order valence-corrected chi connectivity index (χ4v) is 3.42. The summed E-state index contributed by atoms with van der Waals surface area (Å²) in [4.78, 5) is 1.87. The van der Waals surface area contributed by atoms with Gasteiger partial charge in [0.25, 0.3) is 10.0 Å². The number of fused-ring (bicyclic) bond motifs is 1. The summed E-state index contributed by atoms with van der Waals surface area (Å²) in [5.74, 6) is 1.83. The largest absolute Gasteiger partial charge is 0.493 e. The summed E-state index contributed by atoms with van der Waals surface area (Å²) in [6, 6.07) is 7.67. The molecule has 23 heavy (non-hydrogen) atoms. The van der Waals surface area contributed by atoms with Crippen LogP contribution in [0.2, 0.25) is 0 Å². The van der Waals surface area contributed by atoms with Crippen molar-refractivity contribution in [1.29, 1.82) is 0 Å². The van der Waals surface area contributed by atoms with Gasteiger partial charge in [0.1, 0.15) is 5.75 Å². The lowest BCUT2D eigenvalue weighted by atomic mass is 10.0. The molecule has 0 unspecified atom stereocenters. The highest BCUT2D eigenvalue weighted by molar-refractivity contribution is 7.90. The molecule has 0 saturated heterocycles. The van der Waals surface area contributed by atoms with Gasteiger partial charge in [-0.2, -0.15) is 0 Å². The molecule has 0 bridgehead atoms. The van der Waals surface area contributed by atoms with E-state index in [1.165, 1.54) is 0 Å². The number of hydrogen-bond acceptors (Lipinski definition) is 4. The van der Waals surface area contributed by atoms with Gasteiger partial charge in [-0.05, 0) is 35.8 Å². The van der Waals surface area contributed by atoms with E-state index < -0.39 is 10.0 Å². The Morgan fingerprint density at radius 2 is 2.00 bits per heavy atom. The normalized spacial score (nSPS) is 19.2. The van der Waals surface area contributed by atoms with Crippen LogP contribution in [-0.2, 0) is 10.0 Å². The van der Waals surface area contributed by atoms with Crippen molar-refractivity contribution in [3.63, 3.8) is 0 Å². The fraction of sp³-hybridized carbons (Fsp3) is 0.353. The average molecular weight is 332 g/mol. The highest BCUT2D eigenvalue weighted by atomic mass is 32.2. The van der Waals surface area contributed by atoms with E-state index in [-0.39, 0.29) is 5.75 Å². The Hall–Kier alpha value is -2.08. The first-order valence-corrected chi connectivity index (χ1v) is 9.27. The molecule has 0 aliphatic carbocycles. The van der Waals surface area contributed by atoms with E-state index in [4.69, 9.17) is 4.74 Å². The Morgan fingerprint density at radius 1 is 1.26 bits per heavy atom. The molecular weight excluding hydrogens is 312 g/mol. The number of rotatable bonds is 4. The van der Waals surface area contributed by atoms with E-state index in [1.807, 2.05) is 47.5 Å². The predicted molar refractivity (Wildman–Crippen MR) is 91.8 cm³/mol. The van der Waals surface area contributed by atoms with Crippen molar-refractivity contribution in [1.82, 2.24) is 4.90 Å². The molecule has 0 saturated carbocycles. The lowest BCUT2D eigenvalue weighted by Crippen LogP contribution is -2.37. The van der Waals surface area contributed by atoms with Crippen LogP contribution in [0.25, 0.3) is 5.57 Å². The van der Waals surface area contributed by atoms with Crippen LogP contribution in [0, 0.1) is 5.92 Å². The van der Waals surface area contributed by atoms with Crippen molar-refractivity contribution in [2.24, 2.45) is 10.3 Å². The molecular formula is C17H20N2O3S. The molecule has 2 aliphatic heterocycles. The summed E-state index contributed by atoms with van der Waals surface area (Å²) in [5, 5.41) is 0. The smallest absolute Gasteiger partial charge is 0.256 e. The van der Waals surface area contributed by atoms with E-state index in [1.54, 1.807) is 0 Å². The fourth-order valence-electron chi connectivity index (χ4n) is 2.44. The Bertz CT molecular complexity index is 775. The number of hydrogen-bond donors (Lipinski definition) is 0. The van der Waals surface area contributed by atoms with Gasteiger partial charge in [0.05, 0.1) is 12.4 Å². The van der Waals surface area contributed by atoms with Gasteiger partial charge in [-0.15, -0.1) is 4.40 Å². The quantitative estimate of drug-likeness (QED) is 0.850. The third-order valence-corrected chi connectivity index (χ3v) is 4.76. The third kappa shape index (κ3) is 3.64. The Labute approximate surface area is 137 Å². The van der Waals surface area contributed by atoms with E-state index in [0.29, 0.717) is 24.9 Å². The first-order valence-electron chi connectivity index (χ1n) is 7.66. The van der Waals surface area contributed by atoms with Gasteiger partial charge in [-0.1, -0.05) is 26.0 Å². The maximum Gasteiger partial charge on any atom is 0.256 e. The molecule has 122 valence electrons. The lowest BCUT2D eigenvalue weighted by molar-refractivity contribution is 0.271. The molecule has 0 radical (unpaired) electrons. The summed E-state index contributed by atoms with van der Waals surface area (Å²) in [5.41, 5.74) is 1.73. The number of ether oxygens (including phenoxy) is 1. The molecule has 0 amide bonds. The van der Waals surface area contributed by atoms with Crippen LogP contribution in [0.5, 0.6) is 5.75 Å². The molecule has 2 aliphatic rings. The zero-order chi connectivity index (χ0) is 16.4. The Morgan fingerprint density at radius 3 is 2.70 bits per heavy atom. The van der Waals surface area contributed by atoms with Gasteiger partial charge in [0, 0.05) is 18.3 Å². The summed E-state index contributed by atoms with van der Waals surface area (Å²) in [6.45, 7) is 5.31. The average Bonchev–Trinajstić information content (AvgIpc) is 2.52. The van der Waals surface area contributed by atoms with Crippen molar-refractivity contribution < 1.29 is 13.2 Å². The number of benzene rings is 1.